The van der Waals surface area contributed by atoms with Crippen molar-refractivity contribution in [2.75, 3.05) is 7.11 Å². The summed E-state index contributed by atoms with van der Waals surface area (Å²) in [5.41, 5.74) is 0.815. The molecule has 8 heteroatoms. The summed E-state index contributed by atoms with van der Waals surface area (Å²) in [6.07, 6.45) is 0. The number of hydrogen-bond donors (Lipinski definition) is 2. The third kappa shape index (κ3) is 2.35. The minimum Gasteiger partial charge on any atom is -0.497 e. The summed E-state index contributed by atoms with van der Waals surface area (Å²) in [6, 6.07) is 9.10. The van der Waals surface area contributed by atoms with E-state index in [1.54, 1.807) is 18.2 Å². The van der Waals surface area contributed by atoms with E-state index in [0.29, 0.717) is 22.4 Å². The first kappa shape index (κ1) is 14.5. The van der Waals surface area contributed by atoms with Gasteiger partial charge < -0.3 is 9.84 Å². The Hall–Kier alpha value is -3.42. The van der Waals surface area contributed by atoms with E-state index in [-0.39, 0.29) is 16.8 Å². The van der Waals surface area contributed by atoms with Gasteiger partial charge in [0.1, 0.15) is 11.3 Å². The van der Waals surface area contributed by atoms with Gasteiger partial charge in [0.05, 0.1) is 34.9 Å². The molecule has 1 aromatic heterocycles. The molecule has 0 aliphatic heterocycles. The number of nitro groups is 1. The van der Waals surface area contributed by atoms with Crippen molar-refractivity contribution < 1.29 is 19.6 Å². The Morgan fingerprint density at radius 3 is 2.78 bits per heavy atom. The van der Waals surface area contributed by atoms with E-state index in [1.807, 2.05) is 0 Å². The van der Waals surface area contributed by atoms with Crippen molar-refractivity contribution in [2.45, 2.75) is 0 Å². The molecular weight excluding hydrogens is 302 g/mol. The van der Waals surface area contributed by atoms with Crippen LogP contribution in [0.3, 0.4) is 0 Å². The number of carbonyl (C=O) groups is 1. The van der Waals surface area contributed by atoms with Gasteiger partial charge in [0.15, 0.2) is 0 Å². The van der Waals surface area contributed by atoms with Gasteiger partial charge in [-0.25, -0.2) is 4.79 Å². The first-order valence-electron chi connectivity index (χ1n) is 6.56. The summed E-state index contributed by atoms with van der Waals surface area (Å²) in [5, 5.41) is 27.7. The molecule has 0 fully saturated rings. The maximum atomic E-state index is 11.3. The van der Waals surface area contributed by atoms with Gasteiger partial charge in [-0.15, -0.1) is 0 Å². The highest BCUT2D eigenvalue weighted by Gasteiger charge is 2.22. The number of benzene rings is 2. The first-order valence-corrected chi connectivity index (χ1v) is 6.56. The number of rotatable bonds is 4. The second-order valence-electron chi connectivity index (χ2n) is 4.75. The standard InChI is InChI=1S/C15H11N3O5/c1-23-8-5-6-9(12(7-8)18(21)22)13-10-3-2-4-11(15(19)20)14(10)17-16-13/h2-7H,1H3,(H,16,17)(H,19,20). The SMILES string of the molecule is COc1ccc(-c2[nH]nc3c(C(=O)O)cccc23)c([N+](=O)[O-])c1. The molecule has 0 amide bonds. The zero-order valence-electron chi connectivity index (χ0n) is 11.9. The molecule has 0 spiro atoms. The van der Waals surface area contributed by atoms with Crippen molar-refractivity contribution in [3.8, 4) is 17.0 Å². The number of aromatic amines is 1. The minimum atomic E-state index is -1.11. The molecule has 23 heavy (non-hydrogen) atoms. The minimum absolute atomic E-state index is 0.0289. The lowest BCUT2D eigenvalue weighted by Crippen LogP contribution is -1.96. The number of carboxylic acid groups (broad SMARTS) is 1. The molecule has 0 bridgehead atoms. The van der Waals surface area contributed by atoms with Crippen LogP contribution in [-0.4, -0.2) is 33.3 Å². The van der Waals surface area contributed by atoms with Crippen molar-refractivity contribution in [1.82, 2.24) is 10.2 Å². The van der Waals surface area contributed by atoms with E-state index >= 15 is 0 Å². The zero-order valence-corrected chi connectivity index (χ0v) is 11.9. The lowest BCUT2D eigenvalue weighted by atomic mass is 10.0. The summed E-state index contributed by atoms with van der Waals surface area (Å²) < 4.78 is 5.01. The van der Waals surface area contributed by atoms with Gasteiger partial charge in [0.25, 0.3) is 5.69 Å². The highest BCUT2D eigenvalue weighted by Crippen LogP contribution is 2.36. The topological polar surface area (TPSA) is 118 Å². The average molecular weight is 313 g/mol. The molecule has 1 heterocycles. The van der Waals surface area contributed by atoms with Crippen LogP contribution in [0.4, 0.5) is 5.69 Å². The van der Waals surface area contributed by atoms with Crippen molar-refractivity contribution in [3.05, 3.63) is 52.1 Å². The zero-order chi connectivity index (χ0) is 16.6. The van der Waals surface area contributed by atoms with E-state index in [1.165, 1.54) is 25.3 Å². The summed E-state index contributed by atoms with van der Waals surface area (Å²) in [6.45, 7) is 0. The van der Waals surface area contributed by atoms with Crippen molar-refractivity contribution in [1.29, 1.82) is 0 Å². The third-order valence-corrected chi connectivity index (χ3v) is 3.49. The number of aromatic carboxylic acids is 1. The summed E-state index contributed by atoms with van der Waals surface area (Å²) >= 11 is 0. The molecule has 0 radical (unpaired) electrons. The largest absolute Gasteiger partial charge is 0.497 e. The van der Waals surface area contributed by atoms with Crippen molar-refractivity contribution >= 4 is 22.6 Å². The Labute approximate surface area is 129 Å². The van der Waals surface area contributed by atoms with Gasteiger partial charge in [-0.3, -0.25) is 15.2 Å². The van der Waals surface area contributed by atoms with Gasteiger partial charge in [-0.1, -0.05) is 12.1 Å². The molecule has 116 valence electrons. The van der Waals surface area contributed by atoms with E-state index in [2.05, 4.69) is 10.2 Å². The molecule has 0 unspecified atom stereocenters. The molecule has 8 nitrogen and oxygen atoms in total. The van der Waals surface area contributed by atoms with Crippen LogP contribution in [0.2, 0.25) is 0 Å². The van der Waals surface area contributed by atoms with Gasteiger partial charge in [0.2, 0.25) is 0 Å². The summed E-state index contributed by atoms with van der Waals surface area (Å²) in [5.74, 6) is -0.756. The van der Waals surface area contributed by atoms with E-state index in [4.69, 9.17) is 4.74 Å². The monoisotopic (exact) mass is 313 g/mol. The maximum absolute atomic E-state index is 11.3. The highest BCUT2D eigenvalue weighted by atomic mass is 16.6. The number of ether oxygens (including phenoxy) is 1. The van der Waals surface area contributed by atoms with E-state index in [0.717, 1.165) is 0 Å². The fourth-order valence-electron chi connectivity index (χ4n) is 2.42. The summed E-state index contributed by atoms with van der Waals surface area (Å²) in [7, 11) is 1.42. The Kier molecular flexibility index (Phi) is 3.41. The molecule has 0 saturated heterocycles. The molecule has 3 aromatic rings. The van der Waals surface area contributed by atoms with Gasteiger partial charge in [0, 0.05) is 5.39 Å². The fourth-order valence-corrected chi connectivity index (χ4v) is 2.42. The second-order valence-corrected chi connectivity index (χ2v) is 4.75. The lowest BCUT2D eigenvalue weighted by Gasteiger charge is -2.04. The van der Waals surface area contributed by atoms with Crippen molar-refractivity contribution in [2.24, 2.45) is 0 Å². The second kappa shape index (κ2) is 5.41. The molecule has 0 aliphatic carbocycles. The fraction of sp³-hybridized carbons (Fsp3) is 0.0667. The molecule has 0 atom stereocenters. The van der Waals surface area contributed by atoms with E-state index < -0.39 is 10.9 Å². The molecular formula is C15H11N3O5. The summed E-state index contributed by atoms with van der Waals surface area (Å²) in [4.78, 5) is 22.0. The predicted molar refractivity (Wildman–Crippen MR) is 81.7 cm³/mol. The maximum Gasteiger partial charge on any atom is 0.337 e. The van der Waals surface area contributed by atoms with Crippen LogP contribution in [0, 0.1) is 10.1 Å². The number of nitrogens with one attached hydrogen (secondary N) is 1. The number of fused-ring (bicyclic) bond motifs is 1. The molecule has 3 rings (SSSR count). The number of hydrogen-bond acceptors (Lipinski definition) is 5. The number of nitrogens with zero attached hydrogens (tertiary/aromatic N) is 2. The van der Waals surface area contributed by atoms with Crippen LogP contribution in [0.1, 0.15) is 10.4 Å². The Morgan fingerprint density at radius 1 is 1.35 bits per heavy atom. The molecule has 0 saturated carbocycles. The Morgan fingerprint density at radius 2 is 2.13 bits per heavy atom. The van der Waals surface area contributed by atoms with Crippen LogP contribution >= 0.6 is 0 Å². The van der Waals surface area contributed by atoms with Crippen LogP contribution in [0.25, 0.3) is 22.2 Å². The van der Waals surface area contributed by atoms with Crippen molar-refractivity contribution in [3.63, 3.8) is 0 Å². The number of para-hydroxylation sites is 1. The number of nitro benzene ring substituents is 1. The first-order chi connectivity index (χ1) is 11.0. The quantitative estimate of drug-likeness (QED) is 0.564. The highest BCUT2D eigenvalue weighted by molar-refractivity contribution is 6.06. The van der Waals surface area contributed by atoms with Gasteiger partial charge in [-0.2, -0.15) is 5.10 Å². The normalized spacial score (nSPS) is 10.7. The molecule has 2 N–H and O–H groups in total. The number of methoxy groups -OCH3 is 1. The third-order valence-electron chi connectivity index (χ3n) is 3.49. The number of H-pyrrole nitrogens is 1. The Balaban J connectivity index is 2.28. The number of carboxylic acids is 1. The number of aromatic nitrogens is 2. The van der Waals surface area contributed by atoms with Crippen LogP contribution < -0.4 is 4.74 Å². The molecule has 2 aromatic carbocycles. The van der Waals surface area contributed by atoms with Crippen LogP contribution in [0.15, 0.2) is 36.4 Å². The van der Waals surface area contributed by atoms with Gasteiger partial charge >= 0.3 is 5.97 Å². The van der Waals surface area contributed by atoms with Crippen LogP contribution in [0.5, 0.6) is 5.75 Å². The lowest BCUT2D eigenvalue weighted by molar-refractivity contribution is -0.384. The molecule has 0 aliphatic rings. The van der Waals surface area contributed by atoms with Gasteiger partial charge in [-0.05, 0) is 18.2 Å². The van der Waals surface area contributed by atoms with Crippen LogP contribution in [-0.2, 0) is 0 Å². The van der Waals surface area contributed by atoms with E-state index in [9.17, 15) is 20.0 Å². The average Bonchev–Trinajstić information content (AvgIpc) is 2.97. The predicted octanol–water partition coefficient (Wildman–Crippen LogP) is 2.84. The Bertz CT molecular complexity index is 932. The smallest absolute Gasteiger partial charge is 0.337 e.